The number of ether oxygens (including phenoxy) is 2. The summed E-state index contributed by atoms with van der Waals surface area (Å²) < 4.78 is 11.7. The molecule has 1 heterocycles. The van der Waals surface area contributed by atoms with Crippen LogP contribution in [0.25, 0.3) is 0 Å². The Kier molecular flexibility index (Phi) is 8.45. The lowest BCUT2D eigenvalue weighted by molar-refractivity contribution is -0.118. The van der Waals surface area contributed by atoms with Crippen LogP contribution in [0.4, 0.5) is 5.69 Å². The summed E-state index contributed by atoms with van der Waals surface area (Å²) in [5.41, 5.74) is 4.44. The molecule has 0 bridgehead atoms. The van der Waals surface area contributed by atoms with Gasteiger partial charge in [-0.15, -0.1) is 0 Å². The van der Waals surface area contributed by atoms with Crippen LogP contribution in [0.5, 0.6) is 11.5 Å². The topological polar surface area (TPSA) is 84.9 Å². The molecular weight excluding hydrogens is 575 g/mol. The number of nitrogens with one attached hydrogen (secondary N) is 1. The number of amides is 1. The van der Waals surface area contributed by atoms with Gasteiger partial charge in [0, 0.05) is 54.0 Å². The van der Waals surface area contributed by atoms with Gasteiger partial charge in [0.15, 0.2) is 29.7 Å². The molecule has 10 heteroatoms. The number of carbonyl (C=O) groups excluding carboxylic acids is 3. The van der Waals surface area contributed by atoms with Crippen molar-refractivity contribution >= 4 is 58.0 Å². The quantitative estimate of drug-likeness (QED) is 0.363. The first kappa shape index (κ1) is 28.5. The Morgan fingerprint density at radius 1 is 0.900 bits per heavy atom. The monoisotopic (exact) mass is 602 g/mol. The molecule has 210 valence electrons. The van der Waals surface area contributed by atoms with E-state index in [0.29, 0.717) is 57.6 Å². The molecule has 0 fully saturated rings. The summed E-state index contributed by atoms with van der Waals surface area (Å²) in [7, 11) is 1.96. The van der Waals surface area contributed by atoms with Crippen molar-refractivity contribution in [3.8, 4) is 11.5 Å². The van der Waals surface area contributed by atoms with Crippen molar-refractivity contribution in [3.05, 3.63) is 73.5 Å². The van der Waals surface area contributed by atoms with E-state index in [1.54, 1.807) is 30.3 Å². The molecule has 2 aliphatic carbocycles. The summed E-state index contributed by atoms with van der Waals surface area (Å²) >= 11 is 18.7. The van der Waals surface area contributed by atoms with Gasteiger partial charge in [-0.2, -0.15) is 0 Å². The second kappa shape index (κ2) is 11.9. The van der Waals surface area contributed by atoms with Crippen LogP contribution < -0.4 is 14.8 Å². The van der Waals surface area contributed by atoms with E-state index in [2.05, 4.69) is 10.2 Å². The van der Waals surface area contributed by atoms with E-state index < -0.39 is 11.8 Å². The largest absolute Gasteiger partial charge is 0.490 e. The summed E-state index contributed by atoms with van der Waals surface area (Å²) in [6, 6.07) is 8.25. The number of anilines is 1. The number of carbonyl (C=O) groups is 3. The zero-order valence-corrected chi connectivity index (χ0v) is 24.5. The van der Waals surface area contributed by atoms with Crippen LogP contribution in [0, 0.1) is 0 Å². The van der Waals surface area contributed by atoms with E-state index in [1.165, 1.54) is 0 Å². The minimum Gasteiger partial charge on any atom is -0.490 e. The number of rotatable bonds is 7. The Balaban J connectivity index is 1.48. The van der Waals surface area contributed by atoms with E-state index in [-0.39, 0.29) is 28.9 Å². The lowest BCUT2D eigenvalue weighted by Gasteiger charge is -2.42. The first-order valence-electron chi connectivity index (χ1n) is 13.3. The molecule has 1 N–H and O–H groups in total. The van der Waals surface area contributed by atoms with Crippen LogP contribution in [-0.4, -0.2) is 42.6 Å². The summed E-state index contributed by atoms with van der Waals surface area (Å²) in [4.78, 5) is 41.3. The maximum absolute atomic E-state index is 13.3. The molecule has 0 aromatic heterocycles. The van der Waals surface area contributed by atoms with Gasteiger partial charge < -0.3 is 19.7 Å². The van der Waals surface area contributed by atoms with Gasteiger partial charge in [-0.3, -0.25) is 14.4 Å². The van der Waals surface area contributed by atoms with E-state index in [9.17, 15) is 14.4 Å². The second-order valence-corrected chi connectivity index (χ2v) is 11.2. The van der Waals surface area contributed by atoms with Crippen molar-refractivity contribution in [1.29, 1.82) is 0 Å². The summed E-state index contributed by atoms with van der Waals surface area (Å²) in [6.45, 7) is 1.81. The second-order valence-electron chi connectivity index (χ2n) is 9.99. The minimum atomic E-state index is -0.523. The first-order valence-corrected chi connectivity index (χ1v) is 14.4. The lowest BCUT2D eigenvalue weighted by atomic mass is 9.71. The van der Waals surface area contributed by atoms with Crippen LogP contribution in [0.15, 0.2) is 52.9 Å². The van der Waals surface area contributed by atoms with E-state index >= 15 is 0 Å². The van der Waals surface area contributed by atoms with Gasteiger partial charge in [0.05, 0.1) is 21.7 Å². The third-order valence-electron chi connectivity index (χ3n) is 7.46. The highest BCUT2D eigenvalue weighted by Gasteiger charge is 2.42. The van der Waals surface area contributed by atoms with Gasteiger partial charge in [0.25, 0.3) is 5.91 Å². The zero-order chi connectivity index (χ0) is 28.6. The molecule has 40 heavy (non-hydrogen) atoms. The van der Waals surface area contributed by atoms with Crippen molar-refractivity contribution in [2.45, 2.75) is 51.4 Å². The first-order chi connectivity index (χ1) is 19.2. The predicted octanol–water partition coefficient (Wildman–Crippen LogP) is 7.11. The summed E-state index contributed by atoms with van der Waals surface area (Å²) in [6.07, 6.45) is 4.02. The van der Waals surface area contributed by atoms with Crippen LogP contribution >= 0.6 is 34.8 Å². The third kappa shape index (κ3) is 5.47. The van der Waals surface area contributed by atoms with Gasteiger partial charge in [0.2, 0.25) is 0 Å². The fourth-order valence-corrected chi connectivity index (χ4v) is 6.32. The molecule has 0 spiro atoms. The molecular formula is C30H29Cl3N2O5. The van der Waals surface area contributed by atoms with Gasteiger partial charge in [-0.25, -0.2) is 0 Å². The van der Waals surface area contributed by atoms with Gasteiger partial charge >= 0.3 is 0 Å². The fourth-order valence-electron chi connectivity index (χ4n) is 5.75. The van der Waals surface area contributed by atoms with E-state index in [0.717, 1.165) is 37.1 Å². The fraction of sp³-hybridized carbons (Fsp3) is 0.367. The Bertz CT molecular complexity index is 1420. The number of Topliss-reactive ketones (excluding diaryl/α,β-unsaturated/α-hetero) is 2. The van der Waals surface area contributed by atoms with Crippen molar-refractivity contribution in [2.75, 3.05) is 25.6 Å². The molecule has 7 nitrogen and oxygen atoms in total. The van der Waals surface area contributed by atoms with Gasteiger partial charge in [-0.05, 0) is 68.5 Å². The Morgan fingerprint density at radius 3 is 2.15 bits per heavy atom. The Morgan fingerprint density at radius 2 is 1.55 bits per heavy atom. The smallest absolute Gasteiger partial charge is 0.262 e. The average Bonchev–Trinajstić information content (AvgIpc) is 2.91. The molecule has 0 atom stereocenters. The number of allylic oxidation sites excluding steroid dienone is 4. The van der Waals surface area contributed by atoms with Gasteiger partial charge in [-0.1, -0.05) is 34.8 Å². The van der Waals surface area contributed by atoms with Crippen LogP contribution in [0.3, 0.4) is 0 Å². The van der Waals surface area contributed by atoms with E-state index in [4.69, 9.17) is 44.3 Å². The maximum Gasteiger partial charge on any atom is 0.262 e. The lowest BCUT2D eigenvalue weighted by Crippen LogP contribution is -2.37. The van der Waals surface area contributed by atoms with Crippen molar-refractivity contribution in [3.63, 3.8) is 0 Å². The molecule has 3 aliphatic rings. The highest BCUT2D eigenvalue weighted by Crippen LogP contribution is 2.50. The highest BCUT2D eigenvalue weighted by molar-refractivity contribution is 6.42. The number of hydrogen-bond donors (Lipinski definition) is 1. The molecule has 1 aliphatic heterocycles. The molecule has 5 rings (SSSR count). The number of nitrogens with zero attached hydrogens (tertiary/aromatic N) is 1. The zero-order valence-electron chi connectivity index (χ0n) is 22.2. The molecule has 0 unspecified atom stereocenters. The van der Waals surface area contributed by atoms with Crippen LogP contribution in [-0.2, 0) is 14.4 Å². The Labute approximate surface area is 248 Å². The Hall–Kier alpha value is -3.00. The van der Waals surface area contributed by atoms with Crippen molar-refractivity contribution in [2.24, 2.45) is 0 Å². The average molecular weight is 604 g/mol. The summed E-state index contributed by atoms with van der Waals surface area (Å²) in [5, 5.41) is 3.62. The molecule has 2 aromatic rings. The normalized spacial score (nSPS) is 17.6. The molecule has 1 amide bonds. The van der Waals surface area contributed by atoms with E-state index in [1.807, 2.05) is 14.0 Å². The SMILES string of the molecule is CCOc1cc(C2C3=C(CCCC3=O)N(C)C3=C2C(=O)CCC3)cc(Cl)c1OCC(=O)Nc1ccc(Cl)c(Cl)c1. The summed E-state index contributed by atoms with van der Waals surface area (Å²) in [5.74, 6) is -0.306. The van der Waals surface area contributed by atoms with Gasteiger partial charge in [0.1, 0.15) is 0 Å². The minimum absolute atomic E-state index is 0.0522. The van der Waals surface area contributed by atoms with Crippen LogP contribution in [0.2, 0.25) is 15.1 Å². The molecule has 0 saturated heterocycles. The number of ketones is 2. The highest BCUT2D eigenvalue weighted by atomic mass is 35.5. The van der Waals surface area contributed by atoms with Crippen molar-refractivity contribution in [1.82, 2.24) is 4.90 Å². The van der Waals surface area contributed by atoms with Crippen molar-refractivity contribution < 1.29 is 23.9 Å². The molecule has 0 saturated carbocycles. The third-order valence-corrected chi connectivity index (χ3v) is 8.48. The number of hydrogen-bond acceptors (Lipinski definition) is 6. The van der Waals surface area contributed by atoms with Crippen LogP contribution in [0.1, 0.15) is 56.9 Å². The number of halogens is 3. The molecule has 0 radical (unpaired) electrons. The maximum atomic E-state index is 13.3. The number of benzene rings is 2. The predicted molar refractivity (Wildman–Crippen MR) is 155 cm³/mol. The molecule has 2 aromatic carbocycles. The standard InChI is InChI=1S/C30H29Cl3N2O5/c1-3-39-25-13-16(12-20(33)30(25)40-15-26(38)34-17-10-11-18(31)19(32)14-17)27-28-21(6-4-8-23(28)36)35(2)22-7-5-9-24(37)29(22)27/h10-14,27H,3-9,15H2,1-2H3,(H,34,38).